The fraction of sp³-hybridized carbons (Fsp3) is 0.565. The van der Waals surface area contributed by atoms with Crippen molar-refractivity contribution in [2.45, 2.75) is 46.1 Å². The van der Waals surface area contributed by atoms with E-state index in [1.807, 2.05) is 43.0 Å². The Morgan fingerprint density at radius 2 is 1.94 bits per heavy atom. The summed E-state index contributed by atoms with van der Waals surface area (Å²) in [4.78, 5) is 28.9. The third-order valence-electron chi connectivity index (χ3n) is 5.91. The Morgan fingerprint density at radius 1 is 1.19 bits per heavy atom. The number of benzene rings is 1. The zero-order chi connectivity index (χ0) is 22.2. The summed E-state index contributed by atoms with van der Waals surface area (Å²) in [5.41, 5.74) is 1.52. The number of ether oxygens (including phenoxy) is 1. The van der Waals surface area contributed by atoms with Gasteiger partial charge in [-0.25, -0.2) is 0 Å². The maximum Gasteiger partial charge on any atom is 0.276 e. The largest absolute Gasteiger partial charge is 0.497 e. The number of piperidine rings is 1. The van der Waals surface area contributed by atoms with Crippen LogP contribution in [0.15, 0.2) is 30.5 Å². The molecule has 2 amide bonds. The summed E-state index contributed by atoms with van der Waals surface area (Å²) in [6.45, 7) is 7.40. The summed E-state index contributed by atoms with van der Waals surface area (Å²) >= 11 is 0. The van der Waals surface area contributed by atoms with E-state index in [1.54, 1.807) is 22.9 Å². The van der Waals surface area contributed by atoms with Crippen LogP contribution in [0.5, 0.6) is 5.75 Å². The van der Waals surface area contributed by atoms with Crippen molar-refractivity contribution in [2.75, 3.05) is 33.3 Å². The third kappa shape index (κ3) is 6.06. The van der Waals surface area contributed by atoms with Crippen molar-refractivity contribution in [3.05, 3.63) is 41.7 Å². The average molecular weight is 428 g/mol. The fourth-order valence-corrected chi connectivity index (χ4v) is 4.07. The number of aromatic nitrogens is 3. The quantitative estimate of drug-likeness (QED) is 0.615. The summed E-state index contributed by atoms with van der Waals surface area (Å²) in [5.74, 6) is 1.24. The lowest BCUT2D eigenvalue weighted by Crippen LogP contribution is -2.41. The number of nitrogens with zero attached hydrogens (tertiary/aromatic N) is 5. The molecule has 0 bridgehead atoms. The second-order valence-electron chi connectivity index (χ2n) is 8.00. The lowest BCUT2D eigenvalue weighted by atomic mass is 9.97. The highest BCUT2D eigenvalue weighted by Crippen LogP contribution is 2.20. The van der Waals surface area contributed by atoms with Crippen molar-refractivity contribution >= 4 is 11.8 Å². The number of methoxy groups -OCH3 is 1. The van der Waals surface area contributed by atoms with E-state index in [2.05, 4.69) is 10.3 Å². The topological polar surface area (TPSA) is 80.6 Å². The standard InChI is InChI=1S/C23H33N5O3/c1-4-26(5-2)23(30)21-17-28(25-24-21)16-19-7-6-14-27(15-19)22(29)13-10-18-8-11-20(31-3)12-9-18/h8-9,11-12,17,19H,4-7,10,13-16H2,1-3H3. The monoisotopic (exact) mass is 427 g/mol. The minimum Gasteiger partial charge on any atom is -0.497 e. The molecule has 0 radical (unpaired) electrons. The van der Waals surface area contributed by atoms with Crippen LogP contribution in [0.3, 0.4) is 0 Å². The van der Waals surface area contributed by atoms with E-state index < -0.39 is 0 Å². The van der Waals surface area contributed by atoms with Gasteiger partial charge in [-0.15, -0.1) is 5.10 Å². The smallest absolute Gasteiger partial charge is 0.276 e. The molecule has 8 nitrogen and oxygen atoms in total. The SMILES string of the molecule is CCN(CC)C(=O)c1cn(CC2CCCN(C(=O)CCc3ccc(OC)cc3)C2)nn1. The molecular formula is C23H33N5O3. The summed E-state index contributed by atoms with van der Waals surface area (Å²) in [6.07, 6.45) is 4.99. The fourth-order valence-electron chi connectivity index (χ4n) is 4.07. The van der Waals surface area contributed by atoms with Crippen molar-refractivity contribution < 1.29 is 14.3 Å². The van der Waals surface area contributed by atoms with E-state index in [9.17, 15) is 9.59 Å². The van der Waals surface area contributed by atoms with Crippen LogP contribution in [-0.2, 0) is 17.8 Å². The summed E-state index contributed by atoms with van der Waals surface area (Å²) in [6, 6.07) is 7.86. The van der Waals surface area contributed by atoms with Crippen LogP contribution in [0.1, 0.15) is 49.2 Å². The molecule has 168 valence electrons. The Bertz CT molecular complexity index is 860. The van der Waals surface area contributed by atoms with Gasteiger partial charge in [0.25, 0.3) is 5.91 Å². The minimum atomic E-state index is -0.0877. The van der Waals surface area contributed by atoms with Crippen LogP contribution in [-0.4, -0.2) is 69.9 Å². The Hall–Kier alpha value is -2.90. The van der Waals surface area contributed by atoms with Gasteiger partial charge in [-0.1, -0.05) is 17.3 Å². The van der Waals surface area contributed by atoms with Crippen LogP contribution in [0.2, 0.25) is 0 Å². The Morgan fingerprint density at radius 3 is 2.61 bits per heavy atom. The first-order chi connectivity index (χ1) is 15.0. The lowest BCUT2D eigenvalue weighted by Gasteiger charge is -2.32. The number of hydrogen-bond acceptors (Lipinski definition) is 5. The molecule has 0 aliphatic carbocycles. The minimum absolute atomic E-state index is 0.0877. The Labute approximate surface area is 184 Å². The van der Waals surface area contributed by atoms with Gasteiger partial charge in [-0.05, 0) is 56.7 Å². The molecule has 0 N–H and O–H groups in total. The summed E-state index contributed by atoms with van der Waals surface area (Å²) in [7, 11) is 1.65. The highest BCUT2D eigenvalue weighted by molar-refractivity contribution is 5.91. The number of likely N-dealkylation sites (tertiary alicyclic amines) is 1. The molecule has 1 aliphatic heterocycles. The van der Waals surface area contributed by atoms with Gasteiger partial charge in [-0.2, -0.15) is 0 Å². The van der Waals surface area contributed by atoms with E-state index in [0.717, 1.165) is 43.7 Å². The highest BCUT2D eigenvalue weighted by Gasteiger charge is 2.25. The van der Waals surface area contributed by atoms with E-state index in [-0.39, 0.29) is 11.8 Å². The molecule has 1 aromatic heterocycles. The molecule has 1 aromatic carbocycles. The van der Waals surface area contributed by atoms with Gasteiger partial charge < -0.3 is 14.5 Å². The van der Waals surface area contributed by atoms with Gasteiger partial charge in [0, 0.05) is 39.1 Å². The molecule has 1 fully saturated rings. The van der Waals surface area contributed by atoms with Crippen LogP contribution in [0, 0.1) is 5.92 Å². The second-order valence-corrected chi connectivity index (χ2v) is 8.00. The van der Waals surface area contributed by atoms with E-state index in [0.29, 0.717) is 37.7 Å². The first kappa shape index (κ1) is 22.8. The molecule has 2 aromatic rings. The van der Waals surface area contributed by atoms with E-state index >= 15 is 0 Å². The first-order valence-corrected chi connectivity index (χ1v) is 11.1. The number of carbonyl (C=O) groups is 2. The molecule has 3 rings (SSSR count). The molecular weight excluding hydrogens is 394 g/mol. The number of carbonyl (C=O) groups excluding carboxylic acids is 2. The maximum absolute atomic E-state index is 12.7. The first-order valence-electron chi connectivity index (χ1n) is 11.1. The van der Waals surface area contributed by atoms with Gasteiger partial charge in [0.1, 0.15) is 5.75 Å². The molecule has 0 saturated carbocycles. The van der Waals surface area contributed by atoms with Crippen molar-refractivity contribution in [1.29, 1.82) is 0 Å². The zero-order valence-electron chi connectivity index (χ0n) is 18.8. The summed E-state index contributed by atoms with van der Waals surface area (Å²) in [5, 5.41) is 8.21. The van der Waals surface area contributed by atoms with E-state index in [4.69, 9.17) is 4.74 Å². The Balaban J connectivity index is 1.50. The third-order valence-corrected chi connectivity index (χ3v) is 5.91. The average Bonchev–Trinajstić information content (AvgIpc) is 3.27. The molecule has 1 unspecified atom stereocenters. The molecule has 8 heteroatoms. The number of hydrogen-bond donors (Lipinski definition) is 0. The van der Waals surface area contributed by atoms with Crippen LogP contribution >= 0.6 is 0 Å². The Kier molecular flexibility index (Phi) is 8.03. The number of rotatable bonds is 9. The van der Waals surface area contributed by atoms with Gasteiger partial charge in [0.15, 0.2) is 5.69 Å². The maximum atomic E-state index is 12.7. The predicted octanol–water partition coefficient (Wildman–Crippen LogP) is 2.64. The van der Waals surface area contributed by atoms with Gasteiger partial charge in [0.05, 0.1) is 13.3 Å². The molecule has 31 heavy (non-hydrogen) atoms. The van der Waals surface area contributed by atoms with Crippen LogP contribution in [0.25, 0.3) is 0 Å². The van der Waals surface area contributed by atoms with Crippen molar-refractivity contribution in [3.8, 4) is 5.75 Å². The molecule has 2 heterocycles. The highest BCUT2D eigenvalue weighted by atomic mass is 16.5. The van der Waals surface area contributed by atoms with Crippen molar-refractivity contribution in [3.63, 3.8) is 0 Å². The lowest BCUT2D eigenvalue weighted by molar-refractivity contribution is -0.133. The van der Waals surface area contributed by atoms with Gasteiger partial charge in [0.2, 0.25) is 5.91 Å². The van der Waals surface area contributed by atoms with Crippen LogP contribution in [0.4, 0.5) is 0 Å². The molecule has 1 saturated heterocycles. The summed E-state index contributed by atoms with van der Waals surface area (Å²) < 4.78 is 6.92. The van der Waals surface area contributed by atoms with Crippen LogP contribution < -0.4 is 4.74 Å². The predicted molar refractivity (Wildman–Crippen MR) is 118 cm³/mol. The number of aryl methyl sites for hydroxylation is 1. The molecule has 0 spiro atoms. The van der Waals surface area contributed by atoms with Gasteiger partial charge in [-0.3, -0.25) is 14.3 Å². The zero-order valence-corrected chi connectivity index (χ0v) is 18.8. The van der Waals surface area contributed by atoms with Gasteiger partial charge >= 0.3 is 0 Å². The molecule has 1 atom stereocenters. The number of amides is 2. The normalized spacial score (nSPS) is 16.2. The molecule has 1 aliphatic rings. The van der Waals surface area contributed by atoms with Crippen molar-refractivity contribution in [1.82, 2.24) is 24.8 Å². The van der Waals surface area contributed by atoms with Crippen molar-refractivity contribution in [2.24, 2.45) is 5.92 Å². The van der Waals surface area contributed by atoms with E-state index in [1.165, 1.54) is 0 Å². The second kappa shape index (κ2) is 10.9.